The van der Waals surface area contributed by atoms with Gasteiger partial charge in [-0.2, -0.15) is 0 Å². The van der Waals surface area contributed by atoms with Gasteiger partial charge < -0.3 is 14.2 Å². The van der Waals surface area contributed by atoms with Crippen molar-refractivity contribution in [3.8, 4) is 5.75 Å². The molecule has 1 unspecified atom stereocenters. The van der Waals surface area contributed by atoms with Crippen molar-refractivity contribution >= 4 is 49.3 Å². The Morgan fingerprint density at radius 2 is 1.74 bits per heavy atom. The molecular weight excluding hydrogens is 502 g/mol. The van der Waals surface area contributed by atoms with E-state index in [1.54, 1.807) is 0 Å². The summed E-state index contributed by atoms with van der Waals surface area (Å²) in [4.78, 5) is 19.8. The molecule has 1 amide bonds. The molecule has 0 radical (unpaired) electrons. The van der Waals surface area contributed by atoms with Crippen LogP contribution in [0.3, 0.4) is 0 Å². The van der Waals surface area contributed by atoms with E-state index in [0.29, 0.717) is 26.1 Å². The molecule has 2 heterocycles. The molecule has 0 saturated carbocycles. The fourth-order valence-electron chi connectivity index (χ4n) is 4.98. The molecule has 6 heteroatoms. The first kappa shape index (κ1) is 21.9. The van der Waals surface area contributed by atoms with Gasteiger partial charge in [-0.3, -0.25) is 4.79 Å². The third kappa shape index (κ3) is 4.19. The summed E-state index contributed by atoms with van der Waals surface area (Å²) in [7, 11) is 0. The quantitative estimate of drug-likeness (QED) is 0.252. The summed E-state index contributed by atoms with van der Waals surface area (Å²) in [5.74, 6) is 1.97. The lowest BCUT2D eigenvalue weighted by Crippen LogP contribution is -2.24. The highest BCUT2D eigenvalue weighted by molar-refractivity contribution is 9.10. The third-order valence-corrected chi connectivity index (χ3v) is 7.11. The van der Waals surface area contributed by atoms with Crippen molar-refractivity contribution in [1.82, 2.24) is 9.55 Å². The van der Waals surface area contributed by atoms with Crippen LogP contribution in [0.15, 0.2) is 95.5 Å². The highest BCUT2D eigenvalue weighted by atomic mass is 79.9. The number of imidazole rings is 1. The van der Waals surface area contributed by atoms with E-state index in [1.807, 2.05) is 71.6 Å². The number of carbonyl (C=O) groups is 1. The molecule has 1 atom stereocenters. The Morgan fingerprint density at radius 3 is 2.66 bits per heavy atom. The number of nitrogens with zero attached hydrogens (tertiary/aromatic N) is 3. The molecule has 1 saturated heterocycles. The van der Waals surface area contributed by atoms with Crippen molar-refractivity contribution in [2.75, 3.05) is 18.1 Å². The maximum Gasteiger partial charge on any atom is 0.227 e. The summed E-state index contributed by atoms with van der Waals surface area (Å²) in [6, 6.07) is 30.4. The first-order chi connectivity index (χ1) is 17.2. The van der Waals surface area contributed by atoms with Crippen molar-refractivity contribution < 1.29 is 9.53 Å². The predicted molar refractivity (Wildman–Crippen MR) is 143 cm³/mol. The molecule has 5 nitrogen and oxygen atoms in total. The minimum atomic E-state index is 0.0198. The molecule has 0 N–H and O–H groups in total. The number of para-hydroxylation sites is 2. The molecule has 0 spiro atoms. The first-order valence-corrected chi connectivity index (χ1v) is 12.6. The fourth-order valence-corrected chi connectivity index (χ4v) is 5.37. The number of rotatable bonds is 6. The number of hydrogen-bond acceptors (Lipinski definition) is 3. The van der Waals surface area contributed by atoms with Crippen LogP contribution in [0.5, 0.6) is 5.75 Å². The summed E-state index contributed by atoms with van der Waals surface area (Å²) >= 11 is 3.52. The lowest BCUT2D eigenvalue weighted by Gasteiger charge is -2.18. The number of carbonyl (C=O) groups excluding carboxylic acids is 1. The monoisotopic (exact) mass is 525 g/mol. The molecule has 5 aromatic rings. The van der Waals surface area contributed by atoms with Crippen molar-refractivity contribution in [2.45, 2.75) is 18.9 Å². The Balaban J connectivity index is 1.28. The molecule has 6 rings (SSSR count). The highest BCUT2D eigenvalue weighted by Gasteiger charge is 2.34. The SMILES string of the molecule is O=C1CC(c2nc3ccccc3n2CCOc2cccc3ccccc23)CN1c1cccc(Br)c1. The van der Waals surface area contributed by atoms with Crippen LogP contribution in [0.1, 0.15) is 18.2 Å². The van der Waals surface area contributed by atoms with Gasteiger partial charge >= 0.3 is 0 Å². The van der Waals surface area contributed by atoms with Crippen LogP contribution in [0, 0.1) is 0 Å². The summed E-state index contributed by atoms with van der Waals surface area (Å²) in [6.07, 6.45) is 0.444. The van der Waals surface area contributed by atoms with E-state index < -0.39 is 0 Å². The third-order valence-electron chi connectivity index (χ3n) is 6.62. The Labute approximate surface area is 212 Å². The van der Waals surface area contributed by atoms with Crippen molar-refractivity contribution in [2.24, 2.45) is 0 Å². The Hall–Kier alpha value is -3.64. The van der Waals surface area contributed by atoms with Gasteiger partial charge in [-0.15, -0.1) is 0 Å². The van der Waals surface area contributed by atoms with Crippen molar-refractivity contribution in [3.63, 3.8) is 0 Å². The molecule has 0 bridgehead atoms. The summed E-state index contributed by atoms with van der Waals surface area (Å²) in [5, 5.41) is 2.27. The van der Waals surface area contributed by atoms with E-state index in [4.69, 9.17) is 9.72 Å². The maximum absolute atomic E-state index is 13.0. The number of benzene rings is 4. The Bertz CT molecular complexity index is 1540. The number of hydrogen-bond donors (Lipinski definition) is 0. The lowest BCUT2D eigenvalue weighted by molar-refractivity contribution is -0.117. The fraction of sp³-hybridized carbons (Fsp3) is 0.172. The van der Waals surface area contributed by atoms with Gasteiger partial charge in [-0.05, 0) is 41.8 Å². The zero-order valence-electron chi connectivity index (χ0n) is 19.1. The van der Waals surface area contributed by atoms with Crippen LogP contribution in [0.2, 0.25) is 0 Å². The number of fused-ring (bicyclic) bond motifs is 2. The Kier molecular flexibility index (Phi) is 5.74. The predicted octanol–water partition coefficient (Wildman–Crippen LogP) is 6.55. The van der Waals surface area contributed by atoms with E-state index in [0.717, 1.165) is 43.5 Å². The van der Waals surface area contributed by atoms with Gasteiger partial charge in [0.2, 0.25) is 5.91 Å². The first-order valence-electron chi connectivity index (χ1n) is 11.8. The maximum atomic E-state index is 13.0. The summed E-state index contributed by atoms with van der Waals surface area (Å²) in [5.41, 5.74) is 2.92. The minimum absolute atomic E-state index is 0.0198. The van der Waals surface area contributed by atoms with Gasteiger partial charge in [0.25, 0.3) is 0 Å². The van der Waals surface area contributed by atoms with Gasteiger partial charge in [0.1, 0.15) is 18.2 Å². The van der Waals surface area contributed by atoms with Crippen LogP contribution in [0.25, 0.3) is 21.8 Å². The average Bonchev–Trinajstić information content (AvgIpc) is 3.45. The smallest absolute Gasteiger partial charge is 0.227 e. The van der Waals surface area contributed by atoms with E-state index >= 15 is 0 Å². The van der Waals surface area contributed by atoms with Crippen molar-refractivity contribution in [1.29, 1.82) is 0 Å². The molecule has 0 aliphatic carbocycles. The molecule has 174 valence electrons. The molecule has 35 heavy (non-hydrogen) atoms. The number of anilines is 1. The van der Waals surface area contributed by atoms with E-state index in [9.17, 15) is 4.79 Å². The summed E-state index contributed by atoms with van der Waals surface area (Å²) < 4.78 is 9.44. The molecule has 1 fully saturated rings. The second-order valence-electron chi connectivity index (χ2n) is 8.82. The van der Waals surface area contributed by atoms with Crippen LogP contribution in [-0.4, -0.2) is 28.6 Å². The van der Waals surface area contributed by atoms with E-state index in [2.05, 4.69) is 44.8 Å². The van der Waals surface area contributed by atoms with E-state index in [1.165, 1.54) is 0 Å². The number of ether oxygens (including phenoxy) is 1. The molecule has 1 aliphatic heterocycles. The largest absolute Gasteiger partial charge is 0.491 e. The van der Waals surface area contributed by atoms with Gasteiger partial charge in [0, 0.05) is 34.4 Å². The summed E-state index contributed by atoms with van der Waals surface area (Å²) in [6.45, 7) is 1.78. The molecule has 4 aromatic carbocycles. The van der Waals surface area contributed by atoms with Gasteiger partial charge in [0.15, 0.2) is 0 Å². The highest BCUT2D eigenvalue weighted by Crippen LogP contribution is 2.34. The molecular formula is C29H24BrN3O2. The van der Waals surface area contributed by atoms with Gasteiger partial charge in [0.05, 0.1) is 17.6 Å². The van der Waals surface area contributed by atoms with E-state index in [-0.39, 0.29) is 11.8 Å². The van der Waals surface area contributed by atoms with Crippen LogP contribution in [-0.2, 0) is 11.3 Å². The molecule has 1 aromatic heterocycles. The molecule has 1 aliphatic rings. The Morgan fingerprint density at radius 1 is 0.943 bits per heavy atom. The number of amides is 1. The van der Waals surface area contributed by atoms with Crippen LogP contribution < -0.4 is 9.64 Å². The zero-order chi connectivity index (χ0) is 23.8. The second kappa shape index (κ2) is 9.19. The second-order valence-corrected chi connectivity index (χ2v) is 9.74. The van der Waals surface area contributed by atoms with Gasteiger partial charge in [-0.1, -0.05) is 70.5 Å². The number of halogens is 1. The van der Waals surface area contributed by atoms with Crippen LogP contribution in [0.4, 0.5) is 5.69 Å². The normalized spacial score (nSPS) is 15.9. The minimum Gasteiger partial charge on any atom is -0.491 e. The standard InChI is InChI=1S/C29H24BrN3O2/c30-22-9-6-10-23(18-22)33-19-21(17-28(33)34)29-31-25-12-3-4-13-26(25)32(29)15-16-35-27-14-5-8-20-7-1-2-11-24(20)27/h1-14,18,21H,15-17,19H2. The lowest BCUT2D eigenvalue weighted by atomic mass is 10.1. The number of aromatic nitrogens is 2. The van der Waals surface area contributed by atoms with Crippen molar-refractivity contribution in [3.05, 3.63) is 101 Å². The average molecular weight is 526 g/mol. The zero-order valence-corrected chi connectivity index (χ0v) is 20.7. The van der Waals surface area contributed by atoms with Gasteiger partial charge in [-0.25, -0.2) is 4.98 Å². The topological polar surface area (TPSA) is 47.4 Å². The van der Waals surface area contributed by atoms with Crippen LogP contribution >= 0.6 is 15.9 Å².